The van der Waals surface area contributed by atoms with Crippen LogP contribution in [-0.2, 0) is 10.2 Å². The number of hydrogen-bond donors (Lipinski definition) is 0. The van der Waals surface area contributed by atoms with Gasteiger partial charge < -0.3 is 4.52 Å². The third-order valence-corrected chi connectivity index (χ3v) is 2.47. The number of hydrogen-bond acceptors (Lipinski definition) is 3. The van der Waals surface area contributed by atoms with E-state index in [0.29, 0.717) is 12.2 Å². The summed E-state index contributed by atoms with van der Waals surface area (Å²) >= 11 is 16.7. The molecule has 0 aliphatic heterocycles. The van der Waals surface area contributed by atoms with E-state index < -0.39 is 3.79 Å². The van der Waals surface area contributed by atoms with Crippen LogP contribution in [-0.4, -0.2) is 10.1 Å². The second-order valence-electron chi connectivity index (χ2n) is 3.32. The van der Waals surface area contributed by atoms with Gasteiger partial charge in [-0.05, 0) is 17.7 Å². The van der Waals surface area contributed by atoms with Gasteiger partial charge in [0.15, 0.2) is 5.82 Å². The molecule has 0 aliphatic rings. The van der Waals surface area contributed by atoms with Crippen molar-refractivity contribution in [3.63, 3.8) is 0 Å². The molecule has 0 saturated carbocycles. The van der Waals surface area contributed by atoms with E-state index in [-0.39, 0.29) is 11.7 Å². The molecule has 0 aliphatic carbocycles. The molecule has 0 N–H and O–H groups in total. The first-order valence-electron chi connectivity index (χ1n) is 4.59. The SMILES string of the molecule is Fc1ccc(Cc2noc(C(Cl)(Cl)Cl)n2)cc1. The average Bonchev–Trinajstić information content (AvgIpc) is 2.69. The summed E-state index contributed by atoms with van der Waals surface area (Å²) in [6.07, 6.45) is 0.379. The van der Waals surface area contributed by atoms with Crippen LogP contribution >= 0.6 is 34.8 Å². The van der Waals surface area contributed by atoms with Gasteiger partial charge in [0.25, 0.3) is 9.68 Å². The number of nitrogens with zero attached hydrogens (tertiary/aromatic N) is 2. The first kappa shape index (κ1) is 12.6. The van der Waals surface area contributed by atoms with E-state index in [4.69, 9.17) is 39.3 Å². The van der Waals surface area contributed by atoms with E-state index in [2.05, 4.69) is 10.1 Å². The van der Waals surface area contributed by atoms with Crippen molar-refractivity contribution in [2.75, 3.05) is 0 Å². The molecule has 1 heterocycles. The van der Waals surface area contributed by atoms with Gasteiger partial charge in [0.2, 0.25) is 0 Å². The van der Waals surface area contributed by atoms with Crippen molar-refractivity contribution in [1.82, 2.24) is 10.1 Å². The number of alkyl halides is 3. The predicted octanol–water partition coefficient (Wildman–Crippen LogP) is 3.63. The maximum Gasteiger partial charge on any atom is 0.278 e. The van der Waals surface area contributed by atoms with Gasteiger partial charge in [-0.25, -0.2) is 4.39 Å². The first-order valence-corrected chi connectivity index (χ1v) is 5.73. The van der Waals surface area contributed by atoms with Crippen molar-refractivity contribution in [2.45, 2.75) is 10.2 Å². The van der Waals surface area contributed by atoms with Gasteiger partial charge in [-0.1, -0.05) is 52.1 Å². The minimum atomic E-state index is -1.73. The molecule has 0 amide bonds. The summed E-state index contributed by atoms with van der Waals surface area (Å²) in [4.78, 5) is 3.93. The van der Waals surface area contributed by atoms with Gasteiger partial charge in [-0.2, -0.15) is 4.98 Å². The predicted molar refractivity (Wildman–Crippen MR) is 62.7 cm³/mol. The molecule has 3 nitrogen and oxygen atoms in total. The molecule has 17 heavy (non-hydrogen) atoms. The highest BCUT2D eigenvalue weighted by atomic mass is 35.6. The molecule has 2 rings (SSSR count). The summed E-state index contributed by atoms with van der Waals surface area (Å²) in [6.45, 7) is 0. The van der Waals surface area contributed by atoms with Gasteiger partial charge in [0.05, 0.1) is 0 Å². The second kappa shape index (κ2) is 4.80. The summed E-state index contributed by atoms with van der Waals surface area (Å²) in [7, 11) is 0. The fourth-order valence-electron chi connectivity index (χ4n) is 1.23. The molecule has 0 fully saturated rings. The first-order chi connectivity index (χ1) is 7.95. The Kier molecular flexibility index (Phi) is 3.56. The zero-order valence-electron chi connectivity index (χ0n) is 8.33. The number of rotatable bonds is 2. The Morgan fingerprint density at radius 3 is 2.35 bits per heavy atom. The van der Waals surface area contributed by atoms with Gasteiger partial charge in [0.1, 0.15) is 5.82 Å². The van der Waals surface area contributed by atoms with Crippen LogP contribution in [0.1, 0.15) is 17.3 Å². The standard InChI is InChI=1S/C10H6Cl3FN2O/c11-10(12,13)9-15-8(16-17-9)5-6-1-3-7(14)4-2-6/h1-4H,5H2. The van der Waals surface area contributed by atoms with Gasteiger partial charge >= 0.3 is 0 Å². The Labute approximate surface area is 111 Å². The summed E-state index contributed by atoms with van der Waals surface area (Å²) in [6, 6.07) is 5.96. The van der Waals surface area contributed by atoms with Crippen LogP contribution in [0.5, 0.6) is 0 Å². The lowest BCUT2D eigenvalue weighted by Gasteiger charge is -2.01. The molecule has 1 aromatic carbocycles. The molecule has 0 unspecified atom stereocenters. The highest BCUT2D eigenvalue weighted by molar-refractivity contribution is 6.66. The van der Waals surface area contributed by atoms with Crippen molar-refractivity contribution in [3.05, 3.63) is 47.4 Å². The van der Waals surface area contributed by atoms with E-state index >= 15 is 0 Å². The van der Waals surface area contributed by atoms with Crippen LogP contribution in [0.3, 0.4) is 0 Å². The van der Waals surface area contributed by atoms with Crippen LogP contribution < -0.4 is 0 Å². The topological polar surface area (TPSA) is 38.9 Å². The molecule has 0 radical (unpaired) electrons. The Bertz CT molecular complexity index is 507. The van der Waals surface area contributed by atoms with E-state index in [1.165, 1.54) is 12.1 Å². The summed E-state index contributed by atoms with van der Waals surface area (Å²) < 4.78 is 15.7. The summed E-state index contributed by atoms with van der Waals surface area (Å²) in [5, 5.41) is 3.67. The Hall–Kier alpha value is -0.840. The molecule has 2 aromatic rings. The molecule has 0 saturated heterocycles. The van der Waals surface area contributed by atoms with Crippen molar-refractivity contribution in [2.24, 2.45) is 0 Å². The number of halogens is 4. The van der Waals surface area contributed by atoms with Crippen molar-refractivity contribution in [1.29, 1.82) is 0 Å². The van der Waals surface area contributed by atoms with Crippen LogP contribution in [0.15, 0.2) is 28.8 Å². The zero-order chi connectivity index (χ0) is 12.5. The minimum Gasteiger partial charge on any atom is -0.335 e. The lowest BCUT2D eigenvalue weighted by Crippen LogP contribution is -2.00. The largest absolute Gasteiger partial charge is 0.335 e. The molecule has 1 aromatic heterocycles. The van der Waals surface area contributed by atoms with E-state index in [1.54, 1.807) is 12.1 Å². The Morgan fingerprint density at radius 2 is 1.82 bits per heavy atom. The summed E-state index contributed by atoms with van der Waals surface area (Å²) in [5.74, 6) is -0.0126. The van der Waals surface area contributed by atoms with Crippen LogP contribution in [0.4, 0.5) is 4.39 Å². The second-order valence-corrected chi connectivity index (χ2v) is 5.60. The molecule has 7 heteroatoms. The molecular formula is C10H6Cl3FN2O. The average molecular weight is 296 g/mol. The van der Waals surface area contributed by atoms with Gasteiger partial charge in [0, 0.05) is 6.42 Å². The fourth-order valence-corrected chi connectivity index (χ4v) is 1.46. The summed E-state index contributed by atoms with van der Waals surface area (Å²) in [5.41, 5.74) is 0.836. The third kappa shape index (κ3) is 3.31. The Morgan fingerprint density at radius 1 is 1.18 bits per heavy atom. The minimum absolute atomic E-state index is 0.0837. The third-order valence-electron chi connectivity index (χ3n) is 1.99. The molecule has 90 valence electrons. The quantitative estimate of drug-likeness (QED) is 0.794. The fraction of sp³-hybridized carbons (Fsp3) is 0.200. The van der Waals surface area contributed by atoms with Crippen LogP contribution in [0.25, 0.3) is 0 Å². The van der Waals surface area contributed by atoms with Crippen molar-refractivity contribution < 1.29 is 8.91 Å². The van der Waals surface area contributed by atoms with E-state index in [9.17, 15) is 4.39 Å². The van der Waals surface area contributed by atoms with E-state index in [0.717, 1.165) is 5.56 Å². The van der Waals surface area contributed by atoms with Gasteiger partial charge in [-0.3, -0.25) is 0 Å². The molecule has 0 bridgehead atoms. The maximum absolute atomic E-state index is 12.7. The maximum atomic E-state index is 12.7. The molecule has 0 spiro atoms. The Balaban J connectivity index is 2.14. The lowest BCUT2D eigenvalue weighted by molar-refractivity contribution is 0.377. The normalized spacial score (nSPS) is 11.8. The van der Waals surface area contributed by atoms with E-state index in [1.807, 2.05) is 0 Å². The highest BCUT2D eigenvalue weighted by Crippen LogP contribution is 2.36. The van der Waals surface area contributed by atoms with Crippen LogP contribution in [0.2, 0.25) is 0 Å². The van der Waals surface area contributed by atoms with Crippen LogP contribution in [0, 0.1) is 5.82 Å². The monoisotopic (exact) mass is 294 g/mol. The molecule has 0 atom stereocenters. The smallest absolute Gasteiger partial charge is 0.278 e. The highest BCUT2D eigenvalue weighted by Gasteiger charge is 2.30. The van der Waals surface area contributed by atoms with Crippen molar-refractivity contribution >= 4 is 34.8 Å². The zero-order valence-corrected chi connectivity index (χ0v) is 10.6. The van der Waals surface area contributed by atoms with Gasteiger partial charge in [-0.15, -0.1) is 0 Å². The van der Waals surface area contributed by atoms with Crippen molar-refractivity contribution in [3.8, 4) is 0 Å². The lowest BCUT2D eigenvalue weighted by atomic mass is 10.1. The number of benzene rings is 1. The molecular weight excluding hydrogens is 289 g/mol. The number of aromatic nitrogens is 2.